The molecule has 0 spiro atoms. The molecule has 1 aromatic carbocycles. The van der Waals surface area contributed by atoms with E-state index in [9.17, 15) is 19.2 Å². The number of carbonyl (C=O) groups excluding carboxylic acids is 3. The van der Waals surface area contributed by atoms with E-state index in [0.29, 0.717) is 18.1 Å². The Morgan fingerprint density at radius 2 is 2.06 bits per heavy atom. The Morgan fingerprint density at radius 1 is 1.31 bits per heavy atom. The van der Waals surface area contributed by atoms with Crippen LogP contribution in [0.3, 0.4) is 0 Å². The molecule has 174 valence electrons. The number of ether oxygens (including phenoxy) is 2. The van der Waals surface area contributed by atoms with Gasteiger partial charge in [-0.3, -0.25) is 19.2 Å². The van der Waals surface area contributed by atoms with Gasteiger partial charge >= 0.3 is 11.9 Å². The van der Waals surface area contributed by atoms with Crippen molar-refractivity contribution in [1.82, 2.24) is 10.2 Å². The Bertz CT molecular complexity index is 887. The normalized spacial score (nSPS) is 18.0. The molecule has 32 heavy (non-hydrogen) atoms. The first-order valence-electron chi connectivity index (χ1n) is 10.1. The SMILES string of the molecule is CCOc1cccc(CC(=O)NC2C(=O)N(CC(=O)O)C2C(C)=CSCCC(=O)OC)c1. The highest BCUT2D eigenvalue weighted by Crippen LogP contribution is 2.28. The summed E-state index contributed by atoms with van der Waals surface area (Å²) in [5, 5.41) is 13.6. The Kier molecular flexibility index (Phi) is 9.58. The number of aliphatic carboxylic acids is 1. The molecule has 1 aliphatic heterocycles. The van der Waals surface area contributed by atoms with Crippen LogP contribution in [0.2, 0.25) is 0 Å². The van der Waals surface area contributed by atoms with Crippen molar-refractivity contribution in [1.29, 1.82) is 0 Å². The second-order valence-corrected chi connectivity index (χ2v) is 8.14. The predicted molar refractivity (Wildman–Crippen MR) is 119 cm³/mol. The van der Waals surface area contributed by atoms with Crippen LogP contribution in [-0.4, -0.2) is 71.9 Å². The lowest BCUT2D eigenvalue weighted by Crippen LogP contribution is -2.71. The molecule has 1 aliphatic rings. The topological polar surface area (TPSA) is 122 Å². The molecule has 1 saturated heterocycles. The summed E-state index contributed by atoms with van der Waals surface area (Å²) in [4.78, 5) is 48.7. The molecule has 2 N–H and O–H groups in total. The summed E-state index contributed by atoms with van der Waals surface area (Å²) in [7, 11) is 1.32. The molecule has 1 heterocycles. The standard InChI is InChI=1S/C22H28N2O7S/c1-4-31-16-7-5-6-15(10-16)11-17(25)23-20-21(24(22(20)29)12-18(26)27)14(2)13-32-9-8-19(28)30-3/h5-7,10,13,20-21H,4,8-9,11-12H2,1-3H3,(H,23,25)(H,26,27). The first kappa shape index (κ1) is 25.3. The summed E-state index contributed by atoms with van der Waals surface area (Å²) >= 11 is 1.36. The van der Waals surface area contributed by atoms with Crippen LogP contribution in [0.15, 0.2) is 35.2 Å². The molecule has 0 aliphatic carbocycles. The number of esters is 1. The summed E-state index contributed by atoms with van der Waals surface area (Å²) in [5.41, 5.74) is 1.47. The van der Waals surface area contributed by atoms with E-state index in [4.69, 9.17) is 9.84 Å². The number of carboxylic acids is 1. The van der Waals surface area contributed by atoms with Crippen LogP contribution in [0.25, 0.3) is 0 Å². The minimum Gasteiger partial charge on any atom is -0.494 e. The van der Waals surface area contributed by atoms with Crippen molar-refractivity contribution in [2.45, 2.75) is 38.8 Å². The van der Waals surface area contributed by atoms with E-state index in [1.807, 2.05) is 6.92 Å². The fraction of sp³-hybridized carbons (Fsp3) is 0.455. The predicted octanol–water partition coefficient (Wildman–Crippen LogP) is 1.61. The van der Waals surface area contributed by atoms with E-state index >= 15 is 0 Å². The van der Waals surface area contributed by atoms with Gasteiger partial charge in [0.15, 0.2) is 0 Å². The molecule has 10 heteroatoms. The first-order valence-corrected chi connectivity index (χ1v) is 11.2. The second kappa shape index (κ2) is 12.1. The molecule has 0 bridgehead atoms. The zero-order chi connectivity index (χ0) is 23.7. The number of carbonyl (C=O) groups is 4. The van der Waals surface area contributed by atoms with Gasteiger partial charge in [0.25, 0.3) is 0 Å². The summed E-state index contributed by atoms with van der Waals surface area (Å²) < 4.78 is 10.0. The van der Waals surface area contributed by atoms with Crippen LogP contribution < -0.4 is 10.1 Å². The van der Waals surface area contributed by atoms with Crippen molar-refractivity contribution >= 4 is 35.5 Å². The van der Waals surface area contributed by atoms with Crippen molar-refractivity contribution in [2.75, 3.05) is 26.0 Å². The number of amides is 2. The van der Waals surface area contributed by atoms with Crippen LogP contribution >= 0.6 is 11.8 Å². The molecule has 0 radical (unpaired) electrons. The number of methoxy groups -OCH3 is 1. The van der Waals surface area contributed by atoms with Gasteiger partial charge in [-0.2, -0.15) is 0 Å². The number of thioether (sulfide) groups is 1. The fourth-order valence-electron chi connectivity index (χ4n) is 3.35. The smallest absolute Gasteiger partial charge is 0.323 e. The maximum Gasteiger partial charge on any atom is 0.323 e. The number of nitrogens with zero attached hydrogens (tertiary/aromatic N) is 1. The van der Waals surface area contributed by atoms with E-state index in [1.165, 1.54) is 23.8 Å². The third-order valence-electron chi connectivity index (χ3n) is 4.78. The lowest BCUT2D eigenvalue weighted by Gasteiger charge is -2.47. The van der Waals surface area contributed by atoms with Crippen molar-refractivity contribution < 1.29 is 33.8 Å². The number of nitrogens with one attached hydrogen (secondary N) is 1. The number of hydrogen-bond donors (Lipinski definition) is 2. The first-order chi connectivity index (χ1) is 15.3. The third kappa shape index (κ3) is 7.01. The zero-order valence-electron chi connectivity index (χ0n) is 18.3. The monoisotopic (exact) mass is 464 g/mol. The van der Waals surface area contributed by atoms with Crippen LogP contribution in [0.4, 0.5) is 0 Å². The lowest BCUT2D eigenvalue weighted by atomic mass is 9.89. The Labute approximate surface area is 191 Å². The van der Waals surface area contributed by atoms with Gasteiger partial charge in [-0.05, 0) is 42.5 Å². The number of hydrogen-bond acceptors (Lipinski definition) is 7. The van der Waals surface area contributed by atoms with Gasteiger partial charge < -0.3 is 24.8 Å². The van der Waals surface area contributed by atoms with Crippen LogP contribution in [0.5, 0.6) is 5.75 Å². The average molecular weight is 465 g/mol. The molecule has 2 atom stereocenters. The Morgan fingerprint density at radius 3 is 2.72 bits per heavy atom. The number of β-lactam (4-membered cyclic amide) rings is 1. The summed E-state index contributed by atoms with van der Waals surface area (Å²) in [6.45, 7) is 3.69. The summed E-state index contributed by atoms with van der Waals surface area (Å²) in [5.74, 6) is -1.10. The maximum absolute atomic E-state index is 12.6. The minimum atomic E-state index is -1.13. The van der Waals surface area contributed by atoms with Gasteiger partial charge in [0.1, 0.15) is 18.3 Å². The minimum absolute atomic E-state index is 0.0625. The van der Waals surface area contributed by atoms with E-state index in [0.717, 1.165) is 11.1 Å². The van der Waals surface area contributed by atoms with Crippen molar-refractivity contribution in [3.63, 3.8) is 0 Å². The summed E-state index contributed by atoms with van der Waals surface area (Å²) in [6, 6.07) is 5.74. The number of rotatable bonds is 12. The second-order valence-electron chi connectivity index (χ2n) is 7.17. The van der Waals surface area contributed by atoms with Gasteiger partial charge in [0, 0.05) is 5.75 Å². The van der Waals surface area contributed by atoms with E-state index in [-0.39, 0.29) is 24.7 Å². The van der Waals surface area contributed by atoms with Crippen LogP contribution in [0, 0.1) is 0 Å². The fourth-order valence-corrected chi connectivity index (χ4v) is 4.15. The van der Waals surface area contributed by atoms with Crippen LogP contribution in [-0.2, 0) is 30.3 Å². The molecular formula is C22H28N2O7S. The average Bonchev–Trinajstić information content (AvgIpc) is 2.75. The van der Waals surface area contributed by atoms with Gasteiger partial charge in [0.05, 0.1) is 32.6 Å². The van der Waals surface area contributed by atoms with E-state index in [2.05, 4.69) is 10.1 Å². The van der Waals surface area contributed by atoms with Crippen LogP contribution in [0.1, 0.15) is 25.8 Å². The molecule has 1 fully saturated rings. The van der Waals surface area contributed by atoms with Gasteiger partial charge in [-0.15, -0.1) is 11.8 Å². The van der Waals surface area contributed by atoms with Gasteiger partial charge in [-0.25, -0.2) is 0 Å². The lowest BCUT2D eigenvalue weighted by molar-refractivity contribution is -0.157. The number of benzene rings is 1. The van der Waals surface area contributed by atoms with Crippen molar-refractivity contribution in [3.8, 4) is 5.75 Å². The molecule has 0 aromatic heterocycles. The highest BCUT2D eigenvalue weighted by Gasteiger charge is 2.49. The largest absolute Gasteiger partial charge is 0.494 e. The van der Waals surface area contributed by atoms with Crippen molar-refractivity contribution in [2.24, 2.45) is 0 Å². The molecule has 2 unspecified atom stereocenters. The van der Waals surface area contributed by atoms with Gasteiger partial charge in [-0.1, -0.05) is 12.1 Å². The number of likely N-dealkylation sites (tertiary alicyclic amines) is 1. The molecule has 2 amide bonds. The van der Waals surface area contributed by atoms with Gasteiger partial charge in [0.2, 0.25) is 11.8 Å². The highest BCUT2D eigenvalue weighted by molar-refractivity contribution is 8.02. The highest BCUT2D eigenvalue weighted by atomic mass is 32.2. The Hall–Kier alpha value is -3.01. The van der Waals surface area contributed by atoms with Crippen molar-refractivity contribution in [3.05, 3.63) is 40.8 Å². The van der Waals surface area contributed by atoms with E-state index in [1.54, 1.807) is 36.6 Å². The van der Waals surface area contributed by atoms with E-state index < -0.39 is 30.5 Å². The third-order valence-corrected chi connectivity index (χ3v) is 5.76. The zero-order valence-corrected chi connectivity index (χ0v) is 19.1. The molecule has 2 rings (SSSR count). The molecule has 9 nitrogen and oxygen atoms in total. The Balaban J connectivity index is 2.04. The molecular weight excluding hydrogens is 436 g/mol. The number of carboxylic acid groups (broad SMARTS) is 1. The maximum atomic E-state index is 12.6. The summed E-state index contributed by atoms with van der Waals surface area (Å²) in [6.07, 6.45) is 0.293. The molecule has 1 aromatic rings. The molecule has 0 saturated carbocycles. The quantitative estimate of drug-likeness (QED) is 0.272.